The number of amides is 1. The van der Waals surface area contributed by atoms with Crippen molar-refractivity contribution in [3.63, 3.8) is 0 Å². The van der Waals surface area contributed by atoms with E-state index in [0.29, 0.717) is 13.1 Å². The van der Waals surface area contributed by atoms with E-state index in [-0.39, 0.29) is 49.3 Å². The second-order valence-corrected chi connectivity index (χ2v) is 5.68. The fraction of sp³-hybridized carbons (Fsp3) is 0.588. The van der Waals surface area contributed by atoms with Gasteiger partial charge in [0.05, 0.1) is 31.8 Å². The highest BCUT2D eigenvalue weighted by atomic mass is 35.5. The summed E-state index contributed by atoms with van der Waals surface area (Å²) in [4.78, 5) is 14.5. The molecule has 25 heavy (non-hydrogen) atoms. The zero-order valence-corrected chi connectivity index (χ0v) is 16.2. The van der Waals surface area contributed by atoms with E-state index in [1.807, 2.05) is 18.2 Å². The summed E-state index contributed by atoms with van der Waals surface area (Å²) in [5, 5.41) is 3.02. The Labute approximate surface area is 162 Å². The first kappa shape index (κ1) is 24.1. The maximum atomic E-state index is 12.1. The van der Waals surface area contributed by atoms with Crippen LogP contribution < -0.4 is 11.1 Å². The average Bonchev–Trinajstić information content (AvgIpc) is 2.61. The summed E-state index contributed by atoms with van der Waals surface area (Å²) in [5.41, 5.74) is 6.77. The van der Waals surface area contributed by atoms with Crippen LogP contribution >= 0.6 is 24.8 Å². The second kappa shape index (κ2) is 13.3. The molecule has 6 nitrogen and oxygen atoms in total. The molecule has 1 aromatic rings. The number of morpholine rings is 1. The normalized spacial score (nSPS) is 16.9. The predicted molar refractivity (Wildman–Crippen MR) is 104 cm³/mol. The Morgan fingerprint density at radius 1 is 1.28 bits per heavy atom. The summed E-state index contributed by atoms with van der Waals surface area (Å²) in [5.74, 6) is -0.0310. The van der Waals surface area contributed by atoms with Gasteiger partial charge in [-0.25, -0.2) is 0 Å². The van der Waals surface area contributed by atoms with Gasteiger partial charge in [0.2, 0.25) is 5.91 Å². The third kappa shape index (κ3) is 7.90. The van der Waals surface area contributed by atoms with Crippen molar-refractivity contribution in [2.24, 2.45) is 5.73 Å². The minimum Gasteiger partial charge on any atom is -0.380 e. The molecular weight excluding hydrogens is 365 g/mol. The number of halogens is 2. The maximum Gasteiger partial charge on any atom is 0.222 e. The number of ether oxygens (including phenoxy) is 2. The van der Waals surface area contributed by atoms with Crippen LogP contribution in [0.3, 0.4) is 0 Å². The highest BCUT2D eigenvalue weighted by Gasteiger charge is 2.23. The van der Waals surface area contributed by atoms with E-state index in [0.717, 1.165) is 26.3 Å². The van der Waals surface area contributed by atoms with Gasteiger partial charge in [0, 0.05) is 33.3 Å². The molecule has 1 fully saturated rings. The van der Waals surface area contributed by atoms with Crippen molar-refractivity contribution in [3.8, 4) is 0 Å². The van der Waals surface area contributed by atoms with E-state index in [4.69, 9.17) is 15.2 Å². The van der Waals surface area contributed by atoms with Crippen molar-refractivity contribution in [2.75, 3.05) is 46.5 Å². The lowest BCUT2D eigenvalue weighted by Gasteiger charge is -2.35. The Kier molecular flexibility index (Phi) is 12.9. The first-order valence-corrected chi connectivity index (χ1v) is 8.11. The van der Waals surface area contributed by atoms with Crippen molar-refractivity contribution in [1.29, 1.82) is 0 Å². The Balaban J connectivity index is 0.00000288. The summed E-state index contributed by atoms with van der Waals surface area (Å²) in [6.45, 7) is 4.13. The molecule has 0 spiro atoms. The summed E-state index contributed by atoms with van der Waals surface area (Å²) >= 11 is 0. The van der Waals surface area contributed by atoms with Gasteiger partial charge in [-0.15, -0.1) is 24.8 Å². The van der Waals surface area contributed by atoms with Crippen LogP contribution in [0.5, 0.6) is 0 Å². The van der Waals surface area contributed by atoms with Gasteiger partial charge in [-0.1, -0.05) is 30.3 Å². The Morgan fingerprint density at radius 3 is 2.48 bits per heavy atom. The molecule has 0 aliphatic carbocycles. The van der Waals surface area contributed by atoms with E-state index < -0.39 is 0 Å². The topological polar surface area (TPSA) is 76.8 Å². The monoisotopic (exact) mass is 393 g/mol. The molecule has 0 radical (unpaired) electrons. The van der Waals surface area contributed by atoms with Crippen molar-refractivity contribution in [1.82, 2.24) is 10.2 Å². The van der Waals surface area contributed by atoms with Gasteiger partial charge in [0.15, 0.2) is 0 Å². The van der Waals surface area contributed by atoms with Crippen LogP contribution in [0.1, 0.15) is 18.0 Å². The molecule has 0 bridgehead atoms. The molecule has 1 saturated heterocycles. The number of methoxy groups -OCH3 is 1. The molecule has 8 heteroatoms. The van der Waals surface area contributed by atoms with Crippen LogP contribution in [0, 0.1) is 0 Å². The van der Waals surface area contributed by atoms with Gasteiger partial charge in [0.25, 0.3) is 0 Å². The first-order chi connectivity index (χ1) is 11.2. The summed E-state index contributed by atoms with van der Waals surface area (Å²) in [6, 6.07) is 10.4. The van der Waals surface area contributed by atoms with E-state index in [9.17, 15) is 4.79 Å². The van der Waals surface area contributed by atoms with Gasteiger partial charge in [-0.3, -0.25) is 9.69 Å². The molecule has 2 atom stereocenters. The number of carbonyl (C=O) groups is 1. The van der Waals surface area contributed by atoms with Gasteiger partial charge in [-0.05, 0) is 5.56 Å². The van der Waals surface area contributed by atoms with Crippen LogP contribution in [0.15, 0.2) is 30.3 Å². The second-order valence-electron chi connectivity index (χ2n) is 5.68. The lowest BCUT2D eigenvalue weighted by molar-refractivity contribution is -0.123. The summed E-state index contributed by atoms with van der Waals surface area (Å²) < 4.78 is 10.6. The van der Waals surface area contributed by atoms with Gasteiger partial charge in [-0.2, -0.15) is 0 Å². The minimum atomic E-state index is -0.228. The van der Waals surface area contributed by atoms with Crippen LogP contribution in [-0.4, -0.2) is 63.4 Å². The fourth-order valence-corrected chi connectivity index (χ4v) is 2.77. The summed E-state index contributed by atoms with van der Waals surface area (Å²) in [7, 11) is 1.57. The highest BCUT2D eigenvalue weighted by Crippen LogP contribution is 2.21. The number of hydrogen-bond donors (Lipinski definition) is 2. The van der Waals surface area contributed by atoms with Gasteiger partial charge in [0.1, 0.15) is 0 Å². The maximum absolute atomic E-state index is 12.1. The molecule has 0 aromatic heterocycles. The van der Waals surface area contributed by atoms with E-state index in [2.05, 4.69) is 22.3 Å². The van der Waals surface area contributed by atoms with Crippen molar-refractivity contribution < 1.29 is 14.3 Å². The number of carbonyl (C=O) groups excluding carboxylic acids is 1. The van der Waals surface area contributed by atoms with E-state index in [1.54, 1.807) is 7.11 Å². The van der Waals surface area contributed by atoms with Gasteiger partial charge < -0.3 is 20.5 Å². The number of nitrogens with zero attached hydrogens (tertiary/aromatic N) is 1. The number of nitrogens with two attached hydrogens (primary N) is 1. The molecule has 1 aliphatic rings. The molecular formula is C17H29Cl2N3O3. The molecule has 1 amide bonds. The highest BCUT2D eigenvalue weighted by molar-refractivity contribution is 5.85. The minimum absolute atomic E-state index is 0. The van der Waals surface area contributed by atoms with Crippen molar-refractivity contribution in [3.05, 3.63) is 35.9 Å². The van der Waals surface area contributed by atoms with Crippen LogP contribution in [0.2, 0.25) is 0 Å². The Morgan fingerprint density at radius 2 is 1.92 bits per heavy atom. The standard InChI is InChI=1S/C17H27N3O3.2ClH/c1-22-15(12-18)11-17(21)19-13-16(14-5-3-2-4-6-14)20-7-9-23-10-8-20;;/h2-6,15-16H,7-13,18H2,1H3,(H,19,21);2*1H. The molecule has 0 saturated carbocycles. The van der Waals surface area contributed by atoms with Crippen LogP contribution in [0.25, 0.3) is 0 Å². The number of hydrogen-bond acceptors (Lipinski definition) is 5. The average molecular weight is 394 g/mol. The Bertz CT molecular complexity index is 469. The molecule has 144 valence electrons. The third-order valence-corrected chi connectivity index (χ3v) is 4.17. The smallest absolute Gasteiger partial charge is 0.222 e. The van der Waals surface area contributed by atoms with Crippen LogP contribution in [0.4, 0.5) is 0 Å². The molecule has 3 N–H and O–H groups in total. The predicted octanol–water partition coefficient (Wildman–Crippen LogP) is 1.38. The first-order valence-electron chi connectivity index (χ1n) is 8.11. The summed E-state index contributed by atoms with van der Waals surface area (Å²) in [6.07, 6.45) is 0.0611. The zero-order valence-electron chi connectivity index (χ0n) is 14.6. The SMILES string of the molecule is COC(CN)CC(=O)NCC(c1ccccc1)N1CCOCC1.Cl.Cl. The Hall–Kier alpha value is -0.890. The lowest BCUT2D eigenvalue weighted by Crippen LogP contribution is -2.44. The lowest BCUT2D eigenvalue weighted by atomic mass is 10.0. The number of rotatable bonds is 8. The molecule has 2 unspecified atom stereocenters. The molecule has 1 heterocycles. The molecule has 1 aromatic carbocycles. The molecule has 1 aliphatic heterocycles. The number of nitrogens with one attached hydrogen (secondary N) is 1. The van der Waals surface area contributed by atoms with Gasteiger partial charge >= 0.3 is 0 Å². The fourth-order valence-electron chi connectivity index (χ4n) is 2.77. The van der Waals surface area contributed by atoms with E-state index >= 15 is 0 Å². The van der Waals surface area contributed by atoms with Crippen LogP contribution in [-0.2, 0) is 14.3 Å². The molecule has 2 rings (SSSR count). The third-order valence-electron chi connectivity index (χ3n) is 4.17. The largest absolute Gasteiger partial charge is 0.380 e. The van der Waals surface area contributed by atoms with Crippen molar-refractivity contribution in [2.45, 2.75) is 18.6 Å². The zero-order chi connectivity index (χ0) is 16.5. The quantitative estimate of drug-likeness (QED) is 0.697. The van der Waals surface area contributed by atoms with Crippen molar-refractivity contribution >= 4 is 30.7 Å². The van der Waals surface area contributed by atoms with E-state index in [1.165, 1.54) is 5.56 Å². The number of benzene rings is 1.